The van der Waals surface area contributed by atoms with E-state index in [2.05, 4.69) is 16.0 Å². The van der Waals surface area contributed by atoms with Crippen LogP contribution in [-0.4, -0.2) is 30.7 Å². The third-order valence-electron chi connectivity index (χ3n) is 3.23. The van der Waals surface area contributed by atoms with Crippen LogP contribution in [0.2, 0.25) is 0 Å². The molecule has 16 heavy (non-hydrogen) atoms. The van der Waals surface area contributed by atoms with E-state index < -0.39 is 5.91 Å². The van der Waals surface area contributed by atoms with Gasteiger partial charge in [0.15, 0.2) is 0 Å². The van der Waals surface area contributed by atoms with Gasteiger partial charge in [0.1, 0.15) is 0 Å². The fourth-order valence-corrected chi connectivity index (χ4v) is 2.51. The number of aromatic nitrogens is 1. The lowest BCUT2D eigenvalue weighted by Gasteiger charge is -2.43. The third kappa shape index (κ3) is 1.58. The Morgan fingerprint density at radius 2 is 2.12 bits per heavy atom. The molecule has 0 atom stereocenters. The Bertz CT molecular complexity index is 349. The van der Waals surface area contributed by atoms with E-state index in [0.29, 0.717) is 13.2 Å². The van der Waals surface area contributed by atoms with Crippen LogP contribution in [0.5, 0.6) is 0 Å². The minimum Gasteiger partial charge on any atom is -0.330 e. The molecule has 0 radical (unpaired) electrons. The molecule has 4 nitrogen and oxygen atoms in total. The Hall–Kier alpha value is -1.13. The molecule has 3 rings (SSSR count). The second-order valence-electron chi connectivity index (χ2n) is 4.23. The highest BCUT2D eigenvalue weighted by Gasteiger charge is 2.44. The molecule has 0 N–H and O–H groups in total. The van der Waals surface area contributed by atoms with Gasteiger partial charge in [-0.1, -0.05) is 0 Å². The number of hydrogen-bond acceptors (Lipinski definition) is 4. The quantitative estimate of drug-likeness (QED) is 0.722. The monoisotopic (exact) mass is 220 g/mol. The molecule has 1 aromatic heterocycles. The van der Waals surface area contributed by atoms with Gasteiger partial charge in [0.05, 0.1) is 25.1 Å². The van der Waals surface area contributed by atoms with Crippen molar-refractivity contribution in [1.82, 2.24) is 4.98 Å². The van der Waals surface area contributed by atoms with E-state index in [4.69, 9.17) is 9.47 Å². The number of ether oxygens (including phenoxy) is 2. The summed E-state index contributed by atoms with van der Waals surface area (Å²) in [6, 6.07) is 4.01. The molecule has 0 aromatic carbocycles. The molecule has 2 aliphatic rings. The Kier molecular flexibility index (Phi) is 2.53. The number of nitrogens with zero attached hydrogens (tertiary/aromatic N) is 2. The normalized spacial score (nSPS) is 23.9. The predicted octanol–water partition coefficient (Wildman–Crippen LogP) is 1.77. The maximum Gasteiger partial charge on any atom is 0.251 e. The summed E-state index contributed by atoms with van der Waals surface area (Å²) in [5, 5.41) is 0. The van der Waals surface area contributed by atoms with Crippen molar-refractivity contribution in [3.8, 4) is 0 Å². The summed E-state index contributed by atoms with van der Waals surface area (Å²) in [6.07, 6.45) is 6.95. The van der Waals surface area contributed by atoms with E-state index in [9.17, 15) is 0 Å². The van der Waals surface area contributed by atoms with Crippen molar-refractivity contribution >= 4 is 5.69 Å². The van der Waals surface area contributed by atoms with Crippen LogP contribution in [0, 0.1) is 0 Å². The van der Waals surface area contributed by atoms with E-state index in [1.165, 1.54) is 6.42 Å². The van der Waals surface area contributed by atoms with Crippen molar-refractivity contribution in [2.75, 3.05) is 24.7 Å². The maximum absolute atomic E-state index is 5.82. The Balaban J connectivity index is 1.91. The van der Waals surface area contributed by atoms with Crippen molar-refractivity contribution < 1.29 is 9.47 Å². The summed E-state index contributed by atoms with van der Waals surface area (Å²) in [7, 11) is 0. The fraction of sp³-hybridized carbons (Fsp3) is 0.583. The summed E-state index contributed by atoms with van der Waals surface area (Å²) in [6.45, 7) is 2.36. The SMILES string of the molecule is c1cncc(N2CCCCC23OCCO3)c1. The maximum atomic E-state index is 5.82. The molecule has 1 aromatic rings. The first-order chi connectivity index (χ1) is 7.91. The standard InChI is InChI=1S/C12H16N2O2/c1-2-7-14(11-4-3-6-13-10-11)12(5-1)15-8-9-16-12/h3-4,6,10H,1-2,5,7-9H2. The number of pyridine rings is 1. The van der Waals surface area contributed by atoms with Gasteiger partial charge >= 0.3 is 0 Å². The van der Waals surface area contributed by atoms with Crippen LogP contribution in [0.15, 0.2) is 24.5 Å². The Morgan fingerprint density at radius 3 is 2.88 bits per heavy atom. The summed E-state index contributed by atoms with van der Waals surface area (Å²) >= 11 is 0. The molecular weight excluding hydrogens is 204 g/mol. The van der Waals surface area contributed by atoms with Gasteiger partial charge in [-0.2, -0.15) is 0 Å². The van der Waals surface area contributed by atoms with Crippen molar-refractivity contribution in [2.45, 2.75) is 25.2 Å². The Morgan fingerprint density at radius 1 is 1.25 bits per heavy atom. The second kappa shape index (κ2) is 4.03. The van der Waals surface area contributed by atoms with Crippen molar-refractivity contribution in [3.05, 3.63) is 24.5 Å². The van der Waals surface area contributed by atoms with Crippen LogP contribution >= 0.6 is 0 Å². The number of rotatable bonds is 1. The lowest BCUT2D eigenvalue weighted by atomic mass is 10.1. The summed E-state index contributed by atoms with van der Waals surface area (Å²) in [4.78, 5) is 6.37. The minimum atomic E-state index is -0.513. The lowest BCUT2D eigenvalue weighted by molar-refractivity contribution is -0.170. The topological polar surface area (TPSA) is 34.6 Å². The number of piperidine rings is 1. The van der Waals surface area contributed by atoms with Gasteiger partial charge in [-0.25, -0.2) is 0 Å². The molecule has 3 heterocycles. The summed E-state index contributed by atoms with van der Waals surface area (Å²) in [5.74, 6) is -0.513. The van der Waals surface area contributed by atoms with Gasteiger partial charge in [-0.3, -0.25) is 4.98 Å². The zero-order valence-electron chi connectivity index (χ0n) is 9.26. The van der Waals surface area contributed by atoms with Gasteiger partial charge in [0, 0.05) is 19.2 Å². The molecule has 4 heteroatoms. The molecule has 1 spiro atoms. The highest BCUT2D eigenvalue weighted by Crippen LogP contribution is 2.36. The molecule has 0 amide bonds. The first kappa shape index (κ1) is 10.1. The first-order valence-corrected chi connectivity index (χ1v) is 5.86. The minimum absolute atomic E-state index is 0.513. The van der Waals surface area contributed by atoms with Crippen LogP contribution in [0.1, 0.15) is 19.3 Å². The molecule has 2 fully saturated rings. The molecule has 0 unspecified atom stereocenters. The van der Waals surface area contributed by atoms with Gasteiger partial charge in [0.25, 0.3) is 5.91 Å². The van der Waals surface area contributed by atoms with Gasteiger partial charge in [-0.05, 0) is 25.0 Å². The molecule has 2 aliphatic heterocycles. The van der Waals surface area contributed by atoms with E-state index in [1.54, 1.807) is 6.20 Å². The summed E-state index contributed by atoms with van der Waals surface area (Å²) < 4.78 is 11.6. The predicted molar refractivity (Wildman–Crippen MR) is 60.1 cm³/mol. The van der Waals surface area contributed by atoms with Gasteiger partial charge in [-0.15, -0.1) is 0 Å². The third-order valence-corrected chi connectivity index (χ3v) is 3.23. The Labute approximate surface area is 95.2 Å². The van der Waals surface area contributed by atoms with Crippen molar-refractivity contribution in [2.24, 2.45) is 0 Å². The van der Waals surface area contributed by atoms with E-state index in [-0.39, 0.29) is 0 Å². The average Bonchev–Trinajstić information content (AvgIpc) is 2.80. The number of anilines is 1. The van der Waals surface area contributed by atoms with Crippen molar-refractivity contribution in [3.63, 3.8) is 0 Å². The van der Waals surface area contributed by atoms with Crippen LogP contribution in [0.25, 0.3) is 0 Å². The smallest absolute Gasteiger partial charge is 0.251 e. The summed E-state index contributed by atoms with van der Waals surface area (Å²) in [5.41, 5.74) is 1.09. The van der Waals surface area contributed by atoms with Gasteiger partial charge in [0.2, 0.25) is 0 Å². The van der Waals surface area contributed by atoms with E-state index in [1.807, 2.05) is 12.3 Å². The van der Waals surface area contributed by atoms with Gasteiger partial charge < -0.3 is 14.4 Å². The molecular formula is C12H16N2O2. The highest BCUT2D eigenvalue weighted by atomic mass is 16.8. The molecule has 2 saturated heterocycles. The molecule has 0 saturated carbocycles. The van der Waals surface area contributed by atoms with E-state index in [0.717, 1.165) is 25.1 Å². The van der Waals surface area contributed by atoms with Crippen LogP contribution in [0.3, 0.4) is 0 Å². The number of hydrogen-bond donors (Lipinski definition) is 0. The fourth-order valence-electron chi connectivity index (χ4n) is 2.51. The second-order valence-corrected chi connectivity index (χ2v) is 4.23. The first-order valence-electron chi connectivity index (χ1n) is 5.86. The van der Waals surface area contributed by atoms with Crippen LogP contribution < -0.4 is 4.90 Å². The molecule has 86 valence electrons. The lowest BCUT2D eigenvalue weighted by Crippen LogP contribution is -2.53. The zero-order valence-corrected chi connectivity index (χ0v) is 9.26. The van der Waals surface area contributed by atoms with Crippen LogP contribution in [-0.2, 0) is 9.47 Å². The van der Waals surface area contributed by atoms with E-state index >= 15 is 0 Å². The zero-order chi connectivity index (χ0) is 10.8. The van der Waals surface area contributed by atoms with Crippen LogP contribution in [0.4, 0.5) is 5.69 Å². The van der Waals surface area contributed by atoms with Crippen molar-refractivity contribution in [1.29, 1.82) is 0 Å². The average molecular weight is 220 g/mol. The largest absolute Gasteiger partial charge is 0.330 e. The highest BCUT2D eigenvalue weighted by molar-refractivity contribution is 5.45. The molecule has 0 bridgehead atoms. The molecule has 0 aliphatic carbocycles.